The van der Waals surface area contributed by atoms with Crippen molar-refractivity contribution in [1.82, 2.24) is 4.57 Å². The van der Waals surface area contributed by atoms with Gasteiger partial charge in [-0.25, -0.2) is 0 Å². The van der Waals surface area contributed by atoms with Gasteiger partial charge in [0, 0.05) is 39.3 Å². The number of rotatable bonds is 7. The lowest BCUT2D eigenvalue weighted by molar-refractivity contribution is 0.0977. The first kappa shape index (κ1) is 10.3. The minimum atomic E-state index is 0.776. The molecular formula is C10H17NO2. The van der Waals surface area contributed by atoms with E-state index in [9.17, 15) is 0 Å². The van der Waals surface area contributed by atoms with Crippen LogP contribution in [0.3, 0.4) is 0 Å². The Bertz CT molecular complexity index is 197. The van der Waals surface area contributed by atoms with Gasteiger partial charge in [-0.3, -0.25) is 0 Å². The normalized spacial score (nSPS) is 10.5. The van der Waals surface area contributed by atoms with Gasteiger partial charge in [-0.2, -0.15) is 0 Å². The van der Waals surface area contributed by atoms with Crippen molar-refractivity contribution < 1.29 is 9.47 Å². The molecule has 0 fully saturated rings. The van der Waals surface area contributed by atoms with Crippen LogP contribution < -0.4 is 0 Å². The van der Waals surface area contributed by atoms with Crippen molar-refractivity contribution in [3.63, 3.8) is 0 Å². The zero-order chi connectivity index (χ0) is 9.36. The highest BCUT2D eigenvalue weighted by atomic mass is 16.5. The molecule has 0 N–H and O–H groups in total. The summed E-state index contributed by atoms with van der Waals surface area (Å²) in [6, 6.07) is 4.04. The van der Waals surface area contributed by atoms with E-state index in [2.05, 4.69) is 4.57 Å². The number of nitrogens with zero attached hydrogens (tertiary/aromatic N) is 1. The van der Waals surface area contributed by atoms with Crippen LogP contribution in [0.2, 0.25) is 0 Å². The average Bonchev–Trinajstić information content (AvgIpc) is 2.63. The molecule has 0 aliphatic rings. The Morgan fingerprint density at radius 1 is 1.08 bits per heavy atom. The van der Waals surface area contributed by atoms with Gasteiger partial charge in [-0.05, 0) is 18.6 Å². The summed E-state index contributed by atoms with van der Waals surface area (Å²) in [5.74, 6) is 0. The summed E-state index contributed by atoms with van der Waals surface area (Å²) in [6.07, 6.45) is 5.05. The van der Waals surface area contributed by atoms with Gasteiger partial charge >= 0.3 is 0 Å². The maximum absolute atomic E-state index is 5.41. The molecule has 13 heavy (non-hydrogen) atoms. The Kier molecular flexibility index (Phi) is 5.29. The second kappa shape index (κ2) is 6.69. The third-order valence-corrected chi connectivity index (χ3v) is 1.80. The van der Waals surface area contributed by atoms with Crippen molar-refractivity contribution in [1.29, 1.82) is 0 Å². The number of ether oxygens (including phenoxy) is 2. The van der Waals surface area contributed by atoms with Gasteiger partial charge in [0.1, 0.15) is 0 Å². The third-order valence-electron chi connectivity index (χ3n) is 1.80. The molecule has 3 heteroatoms. The summed E-state index contributed by atoms with van der Waals surface area (Å²) >= 11 is 0. The smallest absolute Gasteiger partial charge is 0.0645 e. The lowest BCUT2D eigenvalue weighted by Crippen LogP contribution is -2.06. The van der Waals surface area contributed by atoms with Crippen LogP contribution in [-0.2, 0) is 16.0 Å². The molecule has 0 radical (unpaired) electrons. The molecule has 0 aliphatic carbocycles. The minimum absolute atomic E-state index is 0.776. The first-order valence-corrected chi connectivity index (χ1v) is 4.61. The number of hydrogen-bond acceptors (Lipinski definition) is 2. The molecule has 1 heterocycles. The molecule has 0 bridgehead atoms. The van der Waals surface area contributed by atoms with Gasteiger partial charge in [-0.15, -0.1) is 0 Å². The fraction of sp³-hybridized carbons (Fsp3) is 0.600. The van der Waals surface area contributed by atoms with Crippen molar-refractivity contribution >= 4 is 0 Å². The van der Waals surface area contributed by atoms with Gasteiger partial charge in [0.05, 0.1) is 6.61 Å². The Morgan fingerprint density at radius 2 is 1.85 bits per heavy atom. The molecule has 1 aromatic rings. The van der Waals surface area contributed by atoms with Crippen molar-refractivity contribution in [2.75, 3.05) is 26.9 Å². The van der Waals surface area contributed by atoms with Crippen molar-refractivity contribution in [3.8, 4) is 0 Å². The quantitative estimate of drug-likeness (QED) is 0.599. The number of methoxy groups -OCH3 is 1. The molecule has 3 nitrogen and oxygen atoms in total. The molecule has 0 amide bonds. The molecule has 0 saturated heterocycles. The summed E-state index contributed by atoms with van der Waals surface area (Å²) in [4.78, 5) is 0. The van der Waals surface area contributed by atoms with E-state index in [0.717, 1.165) is 32.8 Å². The van der Waals surface area contributed by atoms with Crippen LogP contribution in [0.5, 0.6) is 0 Å². The Morgan fingerprint density at radius 3 is 2.54 bits per heavy atom. The van der Waals surface area contributed by atoms with E-state index in [0.29, 0.717) is 0 Å². The van der Waals surface area contributed by atoms with Crippen LogP contribution >= 0.6 is 0 Å². The molecule has 0 unspecified atom stereocenters. The van der Waals surface area contributed by atoms with Crippen molar-refractivity contribution in [3.05, 3.63) is 24.5 Å². The number of aromatic nitrogens is 1. The van der Waals surface area contributed by atoms with Gasteiger partial charge in [0.2, 0.25) is 0 Å². The van der Waals surface area contributed by atoms with E-state index >= 15 is 0 Å². The fourth-order valence-electron chi connectivity index (χ4n) is 1.10. The number of hydrogen-bond donors (Lipinski definition) is 0. The van der Waals surface area contributed by atoms with E-state index < -0.39 is 0 Å². The molecule has 1 rings (SSSR count). The zero-order valence-electron chi connectivity index (χ0n) is 8.11. The summed E-state index contributed by atoms with van der Waals surface area (Å²) < 4.78 is 12.4. The first-order chi connectivity index (χ1) is 6.43. The third kappa shape index (κ3) is 4.70. The van der Waals surface area contributed by atoms with Crippen LogP contribution in [0, 0.1) is 0 Å². The van der Waals surface area contributed by atoms with Crippen LogP contribution in [-0.4, -0.2) is 31.5 Å². The molecule has 0 aromatic carbocycles. The van der Waals surface area contributed by atoms with Crippen LogP contribution in [0.15, 0.2) is 24.5 Å². The lowest BCUT2D eigenvalue weighted by Gasteiger charge is -2.04. The molecule has 0 spiro atoms. The highest BCUT2D eigenvalue weighted by Gasteiger charge is 1.90. The fourth-order valence-corrected chi connectivity index (χ4v) is 1.10. The summed E-state index contributed by atoms with van der Waals surface area (Å²) in [5, 5.41) is 0. The van der Waals surface area contributed by atoms with Crippen molar-refractivity contribution in [2.24, 2.45) is 0 Å². The van der Waals surface area contributed by atoms with Crippen molar-refractivity contribution in [2.45, 2.75) is 13.0 Å². The molecule has 1 aromatic heterocycles. The average molecular weight is 183 g/mol. The largest absolute Gasteiger partial charge is 0.385 e. The van der Waals surface area contributed by atoms with E-state index in [4.69, 9.17) is 9.47 Å². The Labute approximate surface area is 79.3 Å². The first-order valence-electron chi connectivity index (χ1n) is 4.61. The highest BCUT2D eigenvalue weighted by Crippen LogP contribution is 1.90. The molecule has 74 valence electrons. The lowest BCUT2D eigenvalue weighted by atomic mass is 10.5. The maximum Gasteiger partial charge on any atom is 0.0645 e. The van der Waals surface area contributed by atoms with E-state index in [-0.39, 0.29) is 0 Å². The second-order valence-electron chi connectivity index (χ2n) is 2.88. The minimum Gasteiger partial charge on any atom is -0.385 e. The molecular weight excluding hydrogens is 166 g/mol. The van der Waals surface area contributed by atoms with Gasteiger partial charge in [-0.1, -0.05) is 0 Å². The molecule has 0 saturated carbocycles. The van der Waals surface area contributed by atoms with Crippen LogP contribution in [0.1, 0.15) is 6.42 Å². The highest BCUT2D eigenvalue weighted by molar-refractivity contribution is 4.89. The predicted molar refractivity (Wildman–Crippen MR) is 51.7 cm³/mol. The Balaban J connectivity index is 1.90. The Hall–Kier alpha value is -0.800. The standard InChI is InChI=1S/C10H17NO2/c1-12-8-4-9-13-10-7-11-5-2-3-6-11/h2-3,5-6H,4,7-10H2,1H3. The van der Waals surface area contributed by atoms with Crippen LogP contribution in [0.4, 0.5) is 0 Å². The van der Waals surface area contributed by atoms with Crippen LogP contribution in [0.25, 0.3) is 0 Å². The SMILES string of the molecule is COCCCOCCn1cccc1. The van der Waals surface area contributed by atoms with Gasteiger partial charge in [0.25, 0.3) is 0 Å². The summed E-state index contributed by atoms with van der Waals surface area (Å²) in [7, 11) is 1.71. The van der Waals surface area contributed by atoms with E-state index in [1.165, 1.54) is 0 Å². The predicted octanol–water partition coefficient (Wildman–Crippen LogP) is 1.54. The molecule has 0 atom stereocenters. The van der Waals surface area contributed by atoms with E-state index in [1.54, 1.807) is 7.11 Å². The molecule has 0 aliphatic heterocycles. The van der Waals surface area contributed by atoms with Gasteiger partial charge in [0.15, 0.2) is 0 Å². The van der Waals surface area contributed by atoms with Gasteiger partial charge < -0.3 is 14.0 Å². The van der Waals surface area contributed by atoms with E-state index in [1.807, 2.05) is 24.5 Å². The zero-order valence-corrected chi connectivity index (χ0v) is 8.11. The second-order valence-corrected chi connectivity index (χ2v) is 2.88. The summed E-state index contributed by atoms with van der Waals surface area (Å²) in [6.45, 7) is 3.27. The topological polar surface area (TPSA) is 23.4 Å². The maximum atomic E-state index is 5.41. The summed E-state index contributed by atoms with van der Waals surface area (Å²) in [5.41, 5.74) is 0. The monoisotopic (exact) mass is 183 g/mol.